The van der Waals surface area contributed by atoms with Gasteiger partial charge >= 0.3 is 5.97 Å². The van der Waals surface area contributed by atoms with E-state index in [2.05, 4.69) is 4.99 Å². The van der Waals surface area contributed by atoms with Gasteiger partial charge in [-0.15, -0.1) is 0 Å². The first-order chi connectivity index (χ1) is 9.47. The Morgan fingerprint density at radius 1 is 1.00 bits per heavy atom. The van der Waals surface area contributed by atoms with E-state index in [-0.39, 0.29) is 28.5 Å². The summed E-state index contributed by atoms with van der Waals surface area (Å²) in [5, 5.41) is 37.1. The molecule has 0 radical (unpaired) electrons. The van der Waals surface area contributed by atoms with Crippen LogP contribution in [0.25, 0.3) is 0 Å². The Labute approximate surface area is 113 Å². The van der Waals surface area contributed by atoms with E-state index in [1.165, 1.54) is 30.5 Å². The first-order valence-corrected chi connectivity index (χ1v) is 5.60. The number of benzene rings is 2. The van der Waals surface area contributed by atoms with Crippen LogP contribution in [0.4, 0.5) is 5.69 Å². The fourth-order valence-electron chi connectivity index (χ4n) is 1.55. The van der Waals surface area contributed by atoms with Crippen molar-refractivity contribution in [2.45, 2.75) is 0 Å². The number of aliphatic imine (C=N–C) groups is 1. The van der Waals surface area contributed by atoms with Gasteiger partial charge in [-0.3, -0.25) is 4.99 Å². The Morgan fingerprint density at radius 3 is 2.35 bits per heavy atom. The Kier molecular flexibility index (Phi) is 3.56. The molecule has 2 aromatic carbocycles. The van der Waals surface area contributed by atoms with Crippen LogP contribution >= 0.6 is 0 Å². The summed E-state index contributed by atoms with van der Waals surface area (Å²) in [5.41, 5.74) is 0.473. The summed E-state index contributed by atoms with van der Waals surface area (Å²) in [6.45, 7) is 0. The number of rotatable bonds is 3. The van der Waals surface area contributed by atoms with E-state index in [1.807, 2.05) is 0 Å². The van der Waals surface area contributed by atoms with Crippen LogP contribution in [0.1, 0.15) is 15.9 Å². The molecule has 0 aromatic heterocycles. The summed E-state index contributed by atoms with van der Waals surface area (Å²) in [6, 6.07) is 7.75. The molecular formula is C14H11NO5. The first-order valence-electron chi connectivity index (χ1n) is 5.60. The lowest BCUT2D eigenvalue weighted by atomic mass is 10.2. The molecule has 0 fully saturated rings. The summed E-state index contributed by atoms with van der Waals surface area (Å²) in [6.07, 6.45) is 1.30. The molecule has 20 heavy (non-hydrogen) atoms. The number of carbonyl (C=O) groups is 1. The molecule has 0 aliphatic heterocycles. The fourth-order valence-corrected chi connectivity index (χ4v) is 1.55. The number of aromatic carboxylic acids is 1. The summed E-state index contributed by atoms with van der Waals surface area (Å²) >= 11 is 0. The normalized spacial score (nSPS) is 10.8. The van der Waals surface area contributed by atoms with Gasteiger partial charge in [0, 0.05) is 17.8 Å². The van der Waals surface area contributed by atoms with Crippen molar-refractivity contribution in [2.24, 2.45) is 4.99 Å². The van der Waals surface area contributed by atoms with Crippen LogP contribution < -0.4 is 0 Å². The van der Waals surface area contributed by atoms with Gasteiger partial charge in [0.05, 0.1) is 5.56 Å². The first kappa shape index (κ1) is 13.4. The molecule has 0 atom stereocenters. The number of hydrogen-bond donors (Lipinski definition) is 4. The molecule has 102 valence electrons. The third-order valence-electron chi connectivity index (χ3n) is 2.58. The van der Waals surface area contributed by atoms with Gasteiger partial charge in [-0.2, -0.15) is 0 Å². The zero-order valence-corrected chi connectivity index (χ0v) is 10.2. The molecule has 0 saturated carbocycles. The number of nitrogens with zero attached hydrogens (tertiary/aromatic N) is 1. The van der Waals surface area contributed by atoms with E-state index >= 15 is 0 Å². The van der Waals surface area contributed by atoms with Gasteiger partial charge in [0.25, 0.3) is 0 Å². The Bertz CT molecular complexity index is 694. The van der Waals surface area contributed by atoms with Crippen molar-refractivity contribution in [2.75, 3.05) is 0 Å². The molecule has 0 heterocycles. The largest absolute Gasteiger partial charge is 0.508 e. The van der Waals surface area contributed by atoms with E-state index in [4.69, 9.17) is 10.2 Å². The molecule has 6 heteroatoms. The second-order valence-corrected chi connectivity index (χ2v) is 4.01. The van der Waals surface area contributed by atoms with Crippen molar-refractivity contribution in [1.82, 2.24) is 0 Å². The van der Waals surface area contributed by atoms with Crippen LogP contribution in [0.5, 0.6) is 17.2 Å². The van der Waals surface area contributed by atoms with Gasteiger partial charge < -0.3 is 20.4 Å². The van der Waals surface area contributed by atoms with Crippen molar-refractivity contribution >= 4 is 17.9 Å². The molecule has 2 aromatic rings. The molecule has 0 bridgehead atoms. The minimum Gasteiger partial charge on any atom is -0.508 e. The number of aromatic hydroxyl groups is 3. The van der Waals surface area contributed by atoms with E-state index in [0.29, 0.717) is 5.56 Å². The molecule has 2 rings (SSSR count). The molecule has 0 amide bonds. The smallest absolute Gasteiger partial charge is 0.335 e. The topological polar surface area (TPSA) is 110 Å². The van der Waals surface area contributed by atoms with Gasteiger partial charge in [0.15, 0.2) is 0 Å². The highest BCUT2D eigenvalue weighted by Crippen LogP contribution is 2.28. The highest BCUT2D eigenvalue weighted by molar-refractivity contribution is 5.90. The van der Waals surface area contributed by atoms with E-state index in [1.54, 1.807) is 0 Å². The molecule has 0 saturated heterocycles. The molecule has 0 aliphatic carbocycles. The number of carboxylic acids is 1. The maximum absolute atomic E-state index is 10.7. The Balaban J connectivity index is 2.29. The lowest BCUT2D eigenvalue weighted by molar-refractivity contribution is 0.0696. The fraction of sp³-hybridized carbons (Fsp3) is 0. The maximum atomic E-state index is 10.7. The molecular weight excluding hydrogens is 262 g/mol. The highest BCUT2D eigenvalue weighted by Gasteiger charge is 2.07. The average Bonchev–Trinajstić information content (AvgIpc) is 2.38. The van der Waals surface area contributed by atoms with Crippen LogP contribution in [0.15, 0.2) is 41.4 Å². The predicted molar refractivity (Wildman–Crippen MR) is 72.1 cm³/mol. The second-order valence-electron chi connectivity index (χ2n) is 4.01. The van der Waals surface area contributed by atoms with Crippen LogP contribution in [0.2, 0.25) is 0 Å². The van der Waals surface area contributed by atoms with Gasteiger partial charge in [-0.05, 0) is 30.3 Å². The summed E-state index contributed by atoms with van der Waals surface area (Å²) in [5.74, 6) is -1.66. The SMILES string of the molecule is O=C(O)c1ccc(/N=C/c2ccc(O)cc2O)c(O)c1. The van der Waals surface area contributed by atoms with Crippen LogP contribution in [-0.2, 0) is 0 Å². The van der Waals surface area contributed by atoms with Gasteiger partial charge in [-0.25, -0.2) is 4.79 Å². The van der Waals surface area contributed by atoms with Crippen LogP contribution in [0, 0.1) is 0 Å². The number of hydrogen-bond acceptors (Lipinski definition) is 5. The van der Waals surface area contributed by atoms with Gasteiger partial charge in [0.2, 0.25) is 0 Å². The van der Waals surface area contributed by atoms with E-state index in [9.17, 15) is 15.0 Å². The van der Waals surface area contributed by atoms with E-state index in [0.717, 1.165) is 12.1 Å². The molecule has 4 N–H and O–H groups in total. The van der Waals surface area contributed by atoms with Crippen molar-refractivity contribution in [3.05, 3.63) is 47.5 Å². The minimum atomic E-state index is -1.15. The number of carboxylic acid groups (broad SMARTS) is 1. The Morgan fingerprint density at radius 2 is 1.75 bits per heavy atom. The minimum absolute atomic E-state index is 0.0473. The number of phenolic OH excluding ortho intramolecular Hbond substituents is 3. The van der Waals surface area contributed by atoms with Crippen molar-refractivity contribution in [1.29, 1.82) is 0 Å². The Hall–Kier alpha value is -3.02. The summed E-state index contributed by atoms with van der Waals surface area (Å²) in [4.78, 5) is 14.7. The third kappa shape index (κ3) is 2.86. The second kappa shape index (κ2) is 5.31. The summed E-state index contributed by atoms with van der Waals surface area (Å²) < 4.78 is 0. The zero-order chi connectivity index (χ0) is 14.7. The third-order valence-corrected chi connectivity index (χ3v) is 2.58. The van der Waals surface area contributed by atoms with Crippen LogP contribution in [-0.4, -0.2) is 32.6 Å². The standard InChI is InChI=1S/C14H11NO5/c16-10-3-1-9(12(17)6-10)7-15-11-4-2-8(14(19)20)5-13(11)18/h1-7,16-18H,(H,19,20)/b15-7+. The molecule has 0 aliphatic rings. The maximum Gasteiger partial charge on any atom is 0.335 e. The molecule has 0 spiro atoms. The van der Waals surface area contributed by atoms with Gasteiger partial charge in [-0.1, -0.05) is 0 Å². The number of phenols is 3. The zero-order valence-electron chi connectivity index (χ0n) is 10.2. The van der Waals surface area contributed by atoms with Crippen molar-refractivity contribution in [3.8, 4) is 17.2 Å². The summed E-state index contributed by atoms with van der Waals surface area (Å²) in [7, 11) is 0. The molecule has 6 nitrogen and oxygen atoms in total. The van der Waals surface area contributed by atoms with Crippen molar-refractivity contribution < 1.29 is 25.2 Å². The highest BCUT2D eigenvalue weighted by atomic mass is 16.4. The van der Waals surface area contributed by atoms with Crippen LogP contribution in [0.3, 0.4) is 0 Å². The van der Waals surface area contributed by atoms with Crippen molar-refractivity contribution in [3.63, 3.8) is 0 Å². The lowest BCUT2D eigenvalue weighted by Gasteiger charge is -2.02. The quantitative estimate of drug-likeness (QED) is 0.641. The van der Waals surface area contributed by atoms with Gasteiger partial charge in [0.1, 0.15) is 22.9 Å². The van der Waals surface area contributed by atoms with E-state index < -0.39 is 5.97 Å². The monoisotopic (exact) mass is 273 g/mol. The predicted octanol–water partition coefficient (Wildman–Crippen LogP) is 2.25. The average molecular weight is 273 g/mol. The lowest BCUT2D eigenvalue weighted by Crippen LogP contribution is -1.94. The molecule has 0 unspecified atom stereocenters.